The van der Waals surface area contributed by atoms with Crippen LogP contribution in [0.15, 0.2) is 47.7 Å². The highest BCUT2D eigenvalue weighted by atomic mass is 35.5. The Kier molecular flexibility index (Phi) is 4.57. The summed E-state index contributed by atoms with van der Waals surface area (Å²) in [5.74, 6) is -0.222. The van der Waals surface area contributed by atoms with Gasteiger partial charge in [-0.25, -0.2) is 14.8 Å². The maximum Gasteiger partial charge on any atom is 0.434 e. The predicted octanol–water partition coefficient (Wildman–Crippen LogP) is 3.93. The molecule has 0 fully saturated rings. The van der Waals surface area contributed by atoms with E-state index < -0.39 is 28.6 Å². The molecule has 3 aromatic rings. The second kappa shape index (κ2) is 6.53. The summed E-state index contributed by atoms with van der Waals surface area (Å²) in [4.78, 5) is 21.9. The van der Waals surface area contributed by atoms with E-state index in [-0.39, 0.29) is 5.82 Å². The van der Waals surface area contributed by atoms with Crippen LogP contribution < -0.4 is 5.69 Å². The van der Waals surface area contributed by atoms with Crippen LogP contribution in [0.1, 0.15) is 23.1 Å². The number of alkyl halides is 3. The Hall–Kier alpha value is -2.32. The number of hydrogen-bond acceptors (Lipinski definition) is 3. The third kappa shape index (κ3) is 3.54. The van der Waals surface area contributed by atoms with Gasteiger partial charge in [0.05, 0.1) is 5.02 Å². The molecule has 0 bridgehead atoms. The lowest BCUT2D eigenvalue weighted by atomic mass is 10.1. The maximum absolute atomic E-state index is 13.1. The van der Waals surface area contributed by atoms with Crippen LogP contribution in [0.25, 0.3) is 0 Å². The first-order valence-corrected chi connectivity index (χ1v) is 7.63. The standard InChI is InChI=1S/C15H9Cl2F3N4O/c16-9-3-1-8(2-4-9)11(24-6-5-21-14(24)25)13-22-7-10(17)12(23-13)15(18,19)20/h1-7,11H,(H,21,25). The third-order valence-corrected chi connectivity index (χ3v) is 3.94. The highest BCUT2D eigenvalue weighted by Gasteiger charge is 2.37. The Morgan fingerprint density at radius 2 is 1.84 bits per heavy atom. The predicted molar refractivity (Wildman–Crippen MR) is 85.8 cm³/mol. The third-order valence-electron chi connectivity index (χ3n) is 3.42. The lowest BCUT2D eigenvalue weighted by Gasteiger charge is -2.18. The van der Waals surface area contributed by atoms with Crippen molar-refractivity contribution in [2.75, 3.05) is 0 Å². The van der Waals surface area contributed by atoms with E-state index in [1.165, 1.54) is 17.0 Å². The molecule has 0 aliphatic rings. The summed E-state index contributed by atoms with van der Waals surface area (Å²) in [5.41, 5.74) is -1.30. The zero-order valence-electron chi connectivity index (χ0n) is 12.3. The van der Waals surface area contributed by atoms with Gasteiger partial charge >= 0.3 is 11.9 Å². The second-order valence-electron chi connectivity index (χ2n) is 5.05. The van der Waals surface area contributed by atoms with E-state index in [1.807, 2.05) is 0 Å². The molecular formula is C15H9Cl2F3N4O. The summed E-state index contributed by atoms with van der Waals surface area (Å²) in [6.45, 7) is 0. The molecule has 0 aliphatic heterocycles. The van der Waals surface area contributed by atoms with E-state index in [0.29, 0.717) is 10.6 Å². The number of nitrogens with zero attached hydrogens (tertiary/aromatic N) is 3. The van der Waals surface area contributed by atoms with E-state index in [1.54, 1.807) is 24.3 Å². The van der Waals surface area contributed by atoms with Crippen LogP contribution in [0.4, 0.5) is 13.2 Å². The Morgan fingerprint density at radius 3 is 2.40 bits per heavy atom. The van der Waals surface area contributed by atoms with Crippen molar-refractivity contribution in [2.24, 2.45) is 0 Å². The molecule has 0 saturated carbocycles. The van der Waals surface area contributed by atoms with Crippen molar-refractivity contribution in [2.45, 2.75) is 12.2 Å². The molecule has 1 atom stereocenters. The number of aromatic amines is 1. The minimum atomic E-state index is -4.75. The smallest absolute Gasteiger partial charge is 0.313 e. The Morgan fingerprint density at radius 1 is 1.16 bits per heavy atom. The number of H-pyrrole nitrogens is 1. The van der Waals surface area contributed by atoms with Gasteiger partial charge in [0.15, 0.2) is 11.5 Å². The van der Waals surface area contributed by atoms with Crippen molar-refractivity contribution in [3.05, 3.63) is 80.5 Å². The van der Waals surface area contributed by atoms with Gasteiger partial charge < -0.3 is 4.98 Å². The minimum absolute atomic E-state index is 0.222. The Balaban J connectivity index is 2.21. The van der Waals surface area contributed by atoms with Gasteiger partial charge in [-0.3, -0.25) is 4.57 Å². The monoisotopic (exact) mass is 388 g/mol. The minimum Gasteiger partial charge on any atom is -0.313 e. The number of hydrogen-bond donors (Lipinski definition) is 1. The highest BCUT2D eigenvalue weighted by Crippen LogP contribution is 2.34. The number of rotatable bonds is 3. The van der Waals surface area contributed by atoms with E-state index in [2.05, 4.69) is 15.0 Å². The van der Waals surface area contributed by atoms with Crippen LogP contribution in [0.3, 0.4) is 0 Å². The summed E-state index contributed by atoms with van der Waals surface area (Å²) >= 11 is 11.4. The van der Waals surface area contributed by atoms with E-state index in [0.717, 1.165) is 6.20 Å². The first kappa shape index (κ1) is 17.5. The number of aromatic nitrogens is 4. The van der Waals surface area contributed by atoms with Gasteiger partial charge in [-0.1, -0.05) is 35.3 Å². The molecule has 25 heavy (non-hydrogen) atoms. The van der Waals surface area contributed by atoms with E-state index >= 15 is 0 Å². The summed E-state index contributed by atoms with van der Waals surface area (Å²) in [5, 5.41) is -0.176. The van der Waals surface area contributed by atoms with Crippen molar-refractivity contribution in [3.63, 3.8) is 0 Å². The molecule has 130 valence electrons. The van der Waals surface area contributed by atoms with Crippen molar-refractivity contribution < 1.29 is 13.2 Å². The van der Waals surface area contributed by atoms with Crippen LogP contribution >= 0.6 is 23.2 Å². The molecule has 1 aromatic carbocycles. The van der Waals surface area contributed by atoms with Crippen LogP contribution in [-0.4, -0.2) is 19.5 Å². The fourth-order valence-electron chi connectivity index (χ4n) is 2.32. The first-order chi connectivity index (χ1) is 11.8. The molecule has 1 unspecified atom stereocenters. The van der Waals surface area contributed by atoms with Crippen LogP contribution in [0.2, 0.25) is 10.0 Å². The molecule has 0 saturated heterocycles. The van der Waals surface area contributed by atoms with Crippen LogP contribution in [-0.2, 0) is 6.18 Å². The number of benzene rings is 1. The summed E-state index contributed by atoms with van der Waals surface area (Å²) < 4.78 is 40.5. The normalized spacial score (nSPS) is 13.0. The van der Waals surface area contributed by atoms with Crippen LogP contribution in [0, 0.1) is 0 Å². The van der Waals surface area contributed by atoms with Gasteiger partial charge in [-0.15, -0.1) is 0 Å². The second-order valence-corrected chi connectivity index (χ2v) is 5.89. The van der Waals surface area contributed by atoms with Gasteiger partial charge in [0.1, 0.15) is 6.04 Å². The van der Waals surface area contributed by atoms with E-state index in [4.69, 9.17) is 23.2 Å². The molecule has 0 aliphatic carbocycles. The van der Waals surface area contributed by atoms with Crippen molar-refractivity contribution >= 4 is 23.2 Å². The van der Waals surface area contributed by atoms with Gasteiger partial charge in [0.25, 0.3) is 0 Å². The SMILES string of the molecule is O=c1[nH]ccn1C(c1ccc(Cl)cc1)c1ncc(Cl)c(C(F)(F)F)n1. The van der Waals surface area contributed by atoms with Crippen molar-refractivity contribution in [3.8, 4) is 0 Å². The molecule has 5 nitrogen and oxygen atoms in total. The molecule has 10 heteroatoms. The van der Waals surface area contributed by atoms with Gasteiger partial charge in [-0.05, 0) is 17.7 Å². The molecule has 1 N–H and O–H groups in total. The number of nitrogens with one attached hydrogen (secondary N) is 1. The quantitative estimate of drug-likeness (QED) is 0.739. The summed E-state index contributed by atoms with van der Waals surface area (Å²) in [7, 11) is 0. The van der Waals surface area contributed by atoms with E-state index in [9.17, 15) is 18.0 Å². The zero-order valence-corrected chi connectivity index (χ0v) is 13.8. The molecule has 3 rings (SSSR count). The summed E-state index contributed by atoms with van der Waals surface area (Å²) in [6.07, 6.45) is -1.12. The average molecular weight is 389 g/mol. The zero-order chi connectivity index (χ0) is 18.2. The van der Waals surface area contributed by atoms with Gasteiger partial charge in [0.2, 0.25) is 0 Å². The molecule has 0 amide bonds. The topological polar surface area (TPSA) is 63.6 Å². The first-order valence-electron chi connectivity index (χ1n) is 6.88. The maximum atomic E-state index is 13.1. The molecule has 2 aromatic heterocycles. The van der Waals surface area contributed by atoms with Crippen LogP contribution in [0.5, 0.6) is 0 Å². The summed E-state index contributed by atoms with van der Waals surface area (Å²) in [6, 6.07) is 5.30. The molecular weight excluding hydrogens is 380 g/mol. The molecule has 0 spiro atoms. The highest BCUT2D eigenvalue weighted by molar-refractivity contribution is 6.31. The Bertz CT molecular complexity index is 950. The van der Waals surface area contributed by atoms with Crippen molar-refractivity contribution in [1.29, 1.82) is 0 Å². The fraction of sp³-hybridized carbons (Fsp3) is 0.133. The lowest BCUT2D eigenvalue weighted by Crippen LogP contribution is -2.26. The Labute approximate surface area is 149 Å². The lowest BCUT2D eigenvalue weighted by molar-refractivity contribution is -0.141. The molecule has 0 radical (unpaired) electrons. The van der Waals surface area contributed by atoms with Crippen molar-refractivity contribution in [1.82, 2.24) is 19.5 Å². The average Bonchev–Trinajstić information content (AvgIpc) is 2.96. The van der Waals surface area contributed by atoms with Gasteiger partial charge in [-0.2, -0.15) is 13.2 Å². The van der Waals surface area contributed by atoms with Gasteiger partial charge in [0, 0.05) is 23.6 Å². The number of halogens is 5. The number of imidazole rings is 1. The largest absolute Gasteiger partial charge is 0.434 e. The molecule has 2 heterocycles. The fourth-order valence-corrected chi connectivity index (χ4v) is 2.65.